The summed E-state index contributed by atoms with van der Waals surface area (Å²) < 4.78 is 54.0. The smallest absolute Gasteiger partial charge is 0.283 e. The number of ether oxygens (including phenoxy) is 4. The van der Waals surface area contributed by atoms with Gasteiger partial charge in [-0.3, -0.25) is 14.6 Å². The van der Waals surface area contributed by atoms with Crippen LogP contribution < -0.4 is 14.4 Å². The van der Waals surface area contributed by atoms with Gasteiger partial charge in [0.15, 0.2) is 11.6 Å². The number of amides is 1. The number of hydrogen-bond donors (Lipinski definition) is 1. The Hall–Kier alpha value is -2.78. The summed E-state index contributed by atoms with van der Waals surface area (Å²) in [5.41, 5.74) is 1.63. The van der Waals surface area contributed by atoms with Crippen molar-refractivity contribution in [3.8, 4) is 5.75 Å². The van der Waals surface area contributed by atoms with E-state index in [0.717, 1.165) is 69.9 Å². The molecule has 0 unspecified atom stereocenters. The van der Waals surface area contributed by atoms with E-state index in [-0.39, 0.29) is 34.9 Å². The maximum atomic E-state index is 13.6. The molecular weight excluding hydrogens is 754 g/mol. The van der Waals surface area contributed by atoms with Crippen molar-refractivity contribution in [1.82, 2.24) is 19.5 Å². The number of aromatic nitrogens is 1. The third kappa shape index (κ3) is 8.37. The highest BCUT2D eigenvalue weighted by molar-refractivity contribution is 7.90. The van der Waals surface area contributed by atoms with Crippen LogP contribution >= 0.6 is 11.6 Å². The lowest BCUT2D eigenvalue weighted by Crippen LogP contribution is -2.60. The minimum atomic E-state index is -4.01. The van der Waals surface area contributed by atoms with Gasteiger partial charge in [0, 0.05) is 77.6 Å². The molecule has 308 valence electrons. The maximum absolute atomic E-state index is 13.6. The zero-order chi connectivity index (χ0) is 39.7. The number of hydrogen-bond acceptors (Lipinski definition) is 11. The fourth-order valence-corrected chi connectivity index (χ4v) is 11.4. The van der Waals surface area contributed by atoms with Crippen LogP contribution in [0.15, 0.2) is 42.5 Å². The molecule has 1 aromatic heterocycles. The van der Waals surface area contributed by atoms with Gasteiger partial charge in [-0.1, -0.05) is 36.7 Å². The van der Waals surface area contributed by atoms with Gasteiger partial charge in [-0.15, -0.1) is 0 Å². The van der Waals surface area contributed by atoms with Gasteiger partial charge < -0.3 is 23.8 Å². The van der Waals surface area contributed by atoms with Crippen molar-refractivity contribution in [2.45, 2.75) is 74.7 Å². The van der Waals surface area contributed by atoms with Crippen LogP contribution in [0.1, 0.15) is 67.6 Å². The van der Waals surface area contributed by atoms with Gasteiger partial charge in [0.1, 0.15) is 11.3 Å². The molecule has 6 atom stereocenters. The molecule has 1 saturated heterocycles. The molecular formula is C42H60ClN5O7S. The first-order valence-corrected chi connectivity index (χ1v) is 22.2. The van der Waals surface area contributed by atoms with Gasteiger partial charge in [0.25, 0.3) is 5.91 Å². The Bertz CT molecular complexity index is 1850. The second-order valence-corrected chi connectivity index (χ2v) is 19.4. The molecule has 2 aliphatic carbocycles. The number of benzene rings is 1. The largest absolute Gasteiger partial charge is 0.489 e. The van der Waals surface area contributed by atoms with Crippen molar-refractivity contribution < 1.29 is 32.2 Å². The molecule has 56 heavy (non-hydrogen) atoms. The fourth-order valence-electron chi connectivity index (χ4n) is 9.93. The Kier molecular flexibility index (Phi) is 12.7. The minimum Gasteiger partial charge on any atom is -0.489 e. The van der Waals surface area contributed by atoms with Gasteiger partial charge in [0.05, 0.1) is 31.1 Å². The Balaban J connectivity index is 1.25. The van der Waals surface area contributed by atoms with E-state index < -0.39 is 26.8 Å². The van der Waals surface area contributed by atoms with Crippen LogP contribution in [0.3, 0.4) is 0 Å². The van der Waals surface area contributed by atoms with Crippen LogP contribution in [0.5, 0.6) is 5.75 Å². The summed E-state index contributed by atoms with van der Waals surface area (Å²) in [6.07, 6.45) is 9.81. The number of halogens is 1. The van der Waals surface area contributed by atoms with Crippen LogP contribution in [-0.4, -0.2) is 133 Å². The summed E-state index contributed by atoms with van der Waals surface area (Å²) in [5.74, 6) is 0.650. The molecule has 4 heterocycles. The lowest BCUT2D eigenvalue weighted by Gasteiger charge is -2.52. The third-order valence-corrected chi connectivity index (χ3v) is 15.7. The molecule has 1 N–H and O–H groups in total. The topological polar surface area (TPSA) is 123 Å². The van der Waals surface area contributed by atoms with Crippen LogP contribution in [0.25, 0.3) is 0 Å². The van der Waals surface area contributed by atoms with E-state index in [0.29, 0.717) is 50.9 Å². The normalized spacial score (nSPS) is 31.8. The molecule has 5 aliphatic rings. The summed E-state index contributed by atoms with van der Waals surface area (Å²) in [6.45, 7) is 10.9. The quantitative estimate of drug-likeness (QED) is 0.365. The van der Waals surface area contributed by atoms with Gasteiger partial charge in [0.2, 0.25) is 10.0 Å². The van der Waals surface area contributed by atoms with E-state index in [1.165, 1.54) is 11.1 Å². The van der Waals surface area contributed by atoms with E-state index in [1.807, 2.05) is 20.1 Å². The van der Waals surface area contributed by atoms with Crippen molar-refractivity contribution in [3.63, 3.8) is 0 Å². The Labute approximate surface area is 338 Å². The van der Waals surface area contributed by atoms with Gasteiger partial charge in [-0.2, -0.15) is 0 Å². The van der Waals surface area contributed by atoms with Crippen molar-refractivity contribution in [1.29, 1.82) is 0 Å². The number of fused-ring (bicyclic) bond motifs is 4. The highest BCUT2D eigenvalue weighted by Crippen LogP contribution is 2.49. The molecule has 14 heteroatoms. The van der Waals surface area contributed by atoms with Crippen LogP contribution in [0.2, 0.25) is 5.02 Å². The van der Waals surface area contributed by atoms with E-state index in [9.17, 15) is 13.2 Å². The first kappa shape index (κ1) is 41.4. The van der Waals surface area contributed by atoms with Gasteiger partial charge >= 0.3 is 0 Å². The second-order valence-electron chi connectivity index (χ2n) is 16.9. The van der Waals surface area contributed by atoms with Crippen LogP contribution in [-0.2, 0) is 36.1 Å². The van der Waals surface area contributed by atoms with E-state index in [4.69, 9.17) is 35.5 Å². The van der Waals surface area contributed by atoms with Gasteiger partial charge in [-0.05, 0) is 98.6 Å². The lowest BCUT2D eigenvalue weighted by molar-refractivity contribution is -0.0979. The monoisotopic (exact) mass is 813 g/mol. The van der Waals surface area contributed by atoms with Crippen molar-refractivity contribution >= 4 is 33.3 Å². The van der Waals surface area contributed by atoms with Gasteiger partial charge in [-0.25, -0.2) is 18.1 Å². The SMILES string of the molecule is COCC(COC)N1CCN(C[C@]2(OC)/C=C\C[C@H](C)[C@@H](C)S(=O)(=O)NC(=O)c3ccc4c(n3)N(C[C@@H]3CC[C@H]32)C[C@@]2(CCCc3cc(Cl)ccc32)CO4)CC1. The lowest BCUT2D eigenvalue weighted by atomic mass is 9.63. The molecule has 2 fully saturated rings. The van der Waals surface area contributed by atoms with E-state index >= 15 is 0 Å². The molecule has 0 radical (unpaired) electrons. The third-order valence-electron chi connectivity index (χ3n) is 13.5. The number of carbonyl (C=O) groups excluding carboxylic acids is 1. The number of methoxy groups -OCH3 is 3. The predicted octanol–water partition coefficient (Wildman–Crippen LogP) is 4.94. The fraction of sp³-hybridized carbons (Fsp3) is 0.667. The zero-order valence-corrected chi connectivity index (χ0v) is 35.2. The number of piperazine rings is 1. The average molecular weight is 814 g/mol. The molecule has 1 amide bonds. The number of anilines is 1. The number of nitrogens with one attached hydrogen (secondary N) is 1. The van der Waals surface area contributed by atoms with Crippen molar-refractivity contribution in [3.05, 3.63) is 64.3 Å². The summed E-state index contributed by atoms with van der Waals surface area (Å²) >= 11 is 6.51. The molecule has 12 nitrogen and oxygen atoms in total. The Morgan fingerprint density at radius 3 is 2.52 bits per heavy atom. The summed E-state index contributed by atoms with van der Waals surface area (Å²) in [5, 5.41) is -0.0925. The molecule has 3 aliphatic heterocycles. The van der Waals surface area contributed by atoms with E-state index in [2.05, 4.69) is 43.7 Å². The number of allylic oxidation sites excluding steroid dienone is 1. The van der Waals surface area contributed by atoms with Crippen LogP contribution in [0, 0.1) is 17.8 Å². The Morgan fingerprint density at radius 2 is 1.82 bits per heavy atom. The second kappa shape index (κ2) is 17.2. The van der Waals surface area contributed by atoms with Crippen molar-refractivity contribution in [2.24, 2.45) is 17.8 Å². The molecule has 1 aromatic carbocycles. The summed E-state index contributed by atoms with van der Waals surface area (Å²) in [7, 11) is 1.29. The summed E-state index contributed by atoms with van der Waals surface area (Å²) in [6, 6.07) is 9.77. The number of nitrogens with zero attached hydrogens (tertiary/aromatic N) is 4. The zero-order valence-electron chi connectivity index (χ0n) is 33.7. The standard InChI is InChI=1S/C42H60ClN5O7S/c1-29-8-6-17-42(54-5,27-46-18-20-47(21-19-46)34(24-52-3)25-53-4)36-12-10-32(36)23-48-26-41(16-7-9-31-22-33(43)11-13-35(31)41)28-55-38-15-14-37(44-39(38)48)40(49)45-56(50,51)30(29)2/h6,11,13-15,17,22,29-30,32,34,36H,7-10,12,16,18-21,23-28H2,1-5H3,(H,45,49)/b17-6-/t29-,30+,32-,36+,41-,42+/m0/s1. The molecule has 1 saturated carbocycles. The molecule has 1 spiro atoms. The average Bonchev–Trinajstić information content (AvgIpc) is 3.32. The Morgan fingerprint density at radius 1 is 1.05 bits per heavy atom. The number of rotatable bonds is 8. The van der Waals surface area contributed by atoms with Crippen LogP contribution in [0.4, 0.5) is 5.82 Å². The number of carbonyl (C=O) groups is 1. The highest BCUT2D eigenvalue weighted by atomic mass is 35.5. The predicted molar refractivity (Wildman–Crippen MR) is 218 cm³/mol. The first-order valence-electron chi connectivity index (χ1n) is 20.3. The minimum absolute atomic E-state index is 0.0494. The molecule has 7 rings (SSSR count). The molecule has 2 bridgehead atoms. The number of sulfonamides is 1. The number of pyridine rings is 1. The first-order chi connectivity index (χ1) is 26.9. The van der Waals surface area contributed by atoms with Crippen molar-refractivity contribution in [2.75, 3.05) is 91.9 Å². The van der Waals surface area contributed by atoms with E-state index in [1.54, 1.807) is 33.3 Å². The molecule has 2 aromatic rings. The number of aryl methyl sites for hydroxylation is 1. The summed E-state index contributed by atoms with van der Waals surface area (Å²) in [4.78, 5) is 25.8. The maximum Gasteiger partial charge on any atom is 0.283 e. The highest BCUT2D eigenvalue weighted by Gasteiger charge is 2.50.